The standard InChI is InChI=1S/C10H12O3/c1-2-9(11)8-5-6-3-4-7(8)10(12)13-6/h3-4,6-8H,2,5H2,1H3. The van der Waals surface area contributed by atoms with Crippen LogP contribution in [0.5, 0.6) is 0 Å². The summed E-state index contributed by atoms with van der Waals surface area (Å²) in [5.41, 5.74) is 0. The predicted octanol–water partition coefficient (Wildman–Crippen LogP) is 1.08. The summed E-state index contributed by atoms with van der Waals surface area (Å²) in [7, 11) is 0. The zero-order valence-corrected chi connectivity index (χ0v) is 7.53. The third-order valence-corrected chi connectivity index (χ3v) is 2.75. The molecule has 3 aliphatic rings. The van der Waals surface area contributed by atoms with Crippen molar-refractivity contribution >= 4 is 11.8 Å². The Morgan fingerprint density at radius 2 is 2.38 bits per heavy atom. The summed E-state index contributed by atoms with van der Waals surface area (Å²) < 4.78 is 5.03. The summed E-state index contributed by atoms with van der Waals surface area (Å²) in [5.74, 6) is -0.486. The molecule has 0 radical (unpaired) electrons. The molecule has 3 rings (SSSR count). The number of esters is 1. The lowest BCUT2D eigenvalue weighted by Gasteiger charge is -2.35. The lowest BCUT2D eigenvalue weighted by atomic mass is 9.77. The number of ketones is 1. The molecule has 2 aliphatic heterocycles. The van der Waals surface area contributed by atoms with Crippen LogP contribution < -0.4 is 0 Å². The van der Waals surface area contributed by atoms with Gasteiger partial charge in [-0.05, 0) is 12.5 Å². The Kier molecular flexibility index (Phi) is 1.94. The third kappa shape index (κ3) is 1.28. The first-order chi connectivity index (χ1) is 6.22. The number of carbonyl (C=O) groups excluding carboxylic acids is 2. The Hall–Kier alpha value is -1.12. The van der Waals surface area contributed by atoms with E-state index in [1.807, 2.05) is 19.1 Å². The minimum Gasteiger partial charge on any atom is -0.458 e. The first-order valence-electron chi connectivity index (χ1n) is 4.64. The van der Waals surface area contributed by atoms with Crippen molar-refractivity contribution in [1.82, 2.24) is 0 Å². The number of ether oxygens (including phenoxy) is 1. The van der Waals surface area contributed by atoms with Gasteiger partial charge >= 0.3 is 5.97 Å². The van der Waals surface area contributed by atoms with Gasteiger partial charge in [-0.3, -0.25) is 9.59 Å². The number of hydrogen-bond acceptors (Lipinski definition) is 3. The molecule has 0 aromatic rings. The number of hydrogen-bond donors (Lipinski definition) is 0. The second kappa shape index (κ2) is 2.98. The second-order valence-electron chi connectivity index (χ2n) is 3.55. The Labute approximate surface area is 76.8 Å². The highest BCUT2D eigenvalue weighted by atomic mass is 16.5. The van der Waals surface area contributed by atoms with Crippen LogP contribution in [0.25, 0.3) is 0 Å². The van der Waals surface area contributed by atoms with Gasteiger partial charge in [0.2, 0.25) is 0 Å². The van der Waals surface area contributed by atoms with Gasteiger partial charge in [0.15, 0.2) is 0 Å². The highest BCUT2D eigenvalue weighted by Gasteiger charge is 2.42. The van der Waals surface area contributed by atoms with Crippen molar-refractivity contribution in [2.45, 2.75) is 25.9 Å². The maximum absolute atomic E-state index is 11.5. The van der Waals surface area contributed by atoms with Crippen molar-refractivity contribution in [2.24, 2.45) is 11.8 Å². The van der Waals surface area contributed by atoms with Gasteiger partial charge < -0.3 is 4.74 Å². The minimum atomic E-state index is -0.308. The van der Waals surface area contributed by atoms with Crippen LogP contribution in [0.3, 0.4) is 0 Å². The van der Waals surface area contributed by atoms with Crippen molar-refractivity contribution in [2.75, 3.05) is 0 Å². The molecule has 0 saturated carbocycles. The fraction of sp³-hybridized carbons (Fsp3) is 0.600. The molecule has 2 bridgehead atoms. The molecule has 0 N–H and O–H groups in total. The van der Waals surface area contributed by atoms with Crippen LogP contribution in [0.1, 0.15) is 19.8 Å². The maximum atomic E-state index is 11.5. The topological polar surface area (TPSA) is 43.4 Å². The average Bonchev–Trinajstić information content (AvgIpc) is 2.17. The van der Waals surface area contributed by atoms with Gasteiger partial charge in [0.25, 0.3) is 0 Å². The van der Waals surface area contributed by atoms with E-state index in [2.05, 4.69) is 0 Å². The van der Waals surface area contributed by atoms with E-state index in [0.29, 0.717) is 12.8 Å². The van der Waals surface area contributed by atoms with Crippen LogP contribution in [-0.2, 0) is 14.3 Å². The predicted molar refractivity (Wildman–Crippen MR) is 45.9 cm³/mol. The number of fused-ring (bicyclic) bond motifs is 2. The smallest absolute Gasteiger partial charge is 0.314 e. The summed E-state index contributed by atoms with van der Waals surface area (Å²) in [4.78, 5) is 22.7. The summed E-state index contributed by atoms with van der Waals surface area (Å²) >= 11 is 0. The quantitative estimate of drug-likeness (QED) is 0.472. The van der Waals surface area contributed by atoms with Crippen molar-refractivity contribution in [3.63, 3.8) is 0 Å². The molecule has 13 heavy (non-hydrogen) atoms. The molecule has 3 heteroatoms. The SMILES string of the molecule is CCC(=O)C1CC2C=CC1C(=O)O2. The van der Waals surface area contributed by atoms with Gasteiger partial charge in [-0.15, -0.1) is 0 Å². The fourth-order valence-electron chi connectivity index (χ4n) is 2.01. The van der Waals surface area contributed by atoms with Crippen molar-refractivity contribution in [1.29, 1.82) is 0 Å². The molecular weight excluding hydrogens is 168 g/mol. The molecular formula is C10H12O3. The van der Waals surface area contributed by atoms with Crippen molar-refractivity contribution < 1.29 is 14.3 Å². The van der Waals surface area contributed by atoms with E-state index >= 15 is 0 Å². The molecule has 1 saturated heterocycles. The number of carbonyl (C=O) groups is 2. The fourth-order valence-corrected chi connectivity index (χ4v) is 2.01. The molecule has 0 aromatic carbocycles. The lowest BCUT2D eigenvalue weighted by molar-refractivity contribution is -0.163. The van der Waals surface area contributed by atoms with Crippen LogP contribution in [0.2, 0.25) is 0 Å². The van der Waals surface area contributed by atoms with Gasteiger partial charge in [-0.1, -0.05) is 13.0 Å². The number of rotatable bonds is 2. The number of Topliss-reactive ketones (excluding diaryl/α,β-unsaturated/α-hetero) is 1. The molecule has 0 aromatic heterocycles. The van der Waals surface area contributed by atoms with Crippen LogP contribution in [-0.4, -0.2) is 17.9 Å². The molecule has 1 fully saturated rings. The first kappa shape index (κ1) is 8.48. The van der Waals surface area contributed by atoms with Gasteiger partial charge in [0, 0.05) is 12.3 Å². The van der Waals surface area contributed by atoms with E-state index in [1.165, 1.54) is 0 Å². The molecule has 0 amide bonds. The molecule has 70 valence electrons. The van der Waals surface area contributed by atoms with Crippen LogP contribution >= 0.6 is 0 Å². The maximum Gasteiger partial charge on any atom is 0.314 e. The Balaban J connectivity index is 2.21. The lowest BCUT2D eigenvalue weighted by Crippen LogP contribution is -2.43. The highest BCUT2D eigenvalue weighted by molar-refractivity contribution is 5.89. The van der Waals surface area contributed by atoms with E-state index in [1.54, 1.807) is 0 Å². The van der Waals surface area contributed by atoms with Gasteiger partial charge in [0.1, 0.15) is 11.9 Å². The van der Waals surface area contributed by atoms with E-state index in [0.717, 1.165) is 0 Å². The van der Waals surface area contributed by atoms with E-state index in [-0.39, 0.29) is 29.7 Å². The molecule has 3 atom stereocenters. The van der Waals surface area contributed by atoms with Crippen LogP contribution in [0.4, 0.5) is 0 Å². The first-order valence-corrected chi connectivity index (χ1v) is 4.64. The molecule has 1 aliphatic carbocycles. The van der Waals surface area contributed by atoms with Gasteiger partial charge in [-0.25, -0.2) is 0 Å². The summed E-state index contributed by atoms with van der Waals surface area (Å²) in [6.45, 7) is 1.83. The van der Waals surface area contributed by atoms with Crippen molar-refractivity contribution in [3.8, 4) is 0 Å². The molecule has 0 spiro atoms. The van der Waals surface area contributed by atoms with E-state index in [9.17, 15) is 9.59 Å². The monoisotopic (exact) mass is 180 g/mol. The Bertz CT molecular complexity index is 280. The molecule has 3 nitrogen and oxygen atoms in total. The largest absolute Gasteiger partial charge is 0.458 e. The second-order valence-corrected chi connectivity index (χ2v) is 3.55. The zero-order chi connectivity index (χ0) is 9.42. The Morgan fingerprint density at radius 3 is 2.92 bits per heavy atom. The summed E-state index contributed by atoms with van der Waals surface area (Å²) in [6, 6.07) is 0. The Morgan fingerprint density at radius 1 is 1.62 bits per heavy atom. The van der Waals surface area contributed by atoms with Crippen LogP contribution in [0.15, 0.2) is 12.2 Å². The van der Waals surface area contributed by atoms with Gasteiger partial charge in [0.05, 0.1) is 5.92 Å². The van der Waals surface area contributed by atoms with Crippen LogP contribution in [0, 0.1) is 11.8 Å². The van der Waals surface area contributed by atoms with E-state index < -0.39 is 0 Å². The normalized spacial score (nSPS) is 36.1. The van der Waals surface area contributed by atoms with Crippen molar-refractivity contribution in [3.05, 3.63) is 12.2 Å². The third-order valence-electron chi connectivity index (χ3n) is 2.75. The average molecular weight is 180 g/mol. The zero-order valence-electron chi connectivity index (χ0n) is 7.53. The highest BCUT2D eigenvalue weighted by Crippen LogP contribution is 2.34. The molecule has 2 heterocycles. The van der Waals surface area contributed by atoms with E-state index in [4.69, 9.17) is 4.74 Å². The molecule has 3 unspecified atom stereocenters. The summed E-state index contributed by atoms with van der Waals surface area (Å²) in [6.07, 6.45) is 4.73. The summed E-state index contributed by atoms with van der Waals surface area (Å²) in [5, 5.41) is 0. The van der Waals surface area contributed by atoms with Gasteiger partial charge in [-0.2, -0.15) is 0 Å². The minimum absolute atomic E-state index is 0.124.